The van der Waals surface area contributed by atoms with E-state index in [9.17, 15) is 22.7 Å². The molecule has 0 bridgehead atoms. The summed E-state index contributed by atoms with van der Waals surface area (Å²) >= 11 is 0. The minimum Gasteiger partial charge on any atom is -0.474 e. The van der Waals surface area contributed by atoms with Gasteiger partial charge in [0.05, 0.1) is 47.5 Å². The van der Waals surface area contributed by atoms with Gasteiger partial charge in [-0.3, -0.25) is 5.10 Å². The van der Waals surface area contributed by atoms with Crippen molar-refractivity contribution >= 4 is 11.4 Å². The number of nitrogens with two attached hydrogens (primary N) is 1. The van der Waals surface area contributed by atoms with E-state index in [1.165, 1.54) is 6.20 Å². The molecule has 0 aliphatic carbocycles. The topological polar surface area (TPSA) is 121 Å². The van der Waals surface area contributed by atoms with Gasteiger partial charge in [-0.15, -0.1) is 0 Å². The predicted octanol–water partition coefficient (Wildman–Crippen LogP) is 4.67. The van der Waals surface area contributed by atoms with E-state index in [2.05, 4.69) is 25.8 Å². The summed E-state index contributed by atoms with van der Waals surface area (Å²) in [6.45, 7) is 4.79. The van der Waals surface area contributed by atoms with E-state index in [0.29, 0.717) is 18.2 Å². The maximum Gasteiger partial charge on any atom is 0.417 e. The standard InChI is InChI=1S/C25H29F5N6O2/c1-12(9-24(3)5-7-33-24)38-23-16(11-37)21(32-10-14-4-6-34-36-14)20(27)22(35-23)15-8-17(31)19(26)13(2)18(15)25(28,29)30/h4,6,8,12,33,37H,5,7,9-11,31H2,1-3H3,(H,32,35)(H,34,36). The summed E-state index contributed by atoms with van der Waals surface area (Å²) in [7, 11) is 0. The number of aromatic amines is 1. The maximum atomic E-state index is 16.0. The highest BCUT2D eigenvalue weighted by Gasteiger charge is 2.39. The normalized spacial score (nSPS) is 18.2. The van der Waals surface area contributed by atoms with Crippen LogP contribution in [0.3, 0.4) is 0 Å². The molecule has 13 heteroatoms. The lowest BCUT2D eigenvalue weighted by Gasteiger charge is -2.41. The molecule has 0 saturated carbocycles. The van der Waals surface area contributed by atoms with Crippen LogP contribution in [0.15, 0.2) is 18.3 Å². The quantitative estimate of drug-likeness (QED) is 0.198. The molecule has 2 unspecified atom stereocenters. The predicted molar refractivity (Wildman–Crippen MR) is 131 cm³/mol. The van der Waals surface area contributed by atoms with Gasteiger partial charge in [0.15, 0.2) is 5.82 Å². The second-order valence-electron chi connectivity index (χ2n) is 9.72. The number of nitrogens with zero attached hydrogens (tertiary/aromatic N) is 2. The van der Waals surface area contributed by atoms with Crippen LogP contribution in [-0.4, -0.2) is 38.5 Å². The number of pyridine rings is 1. The van der Waals surface area contributed by atoms with Crippen LogP contribution in [0.2, 0.25) is 0 Å². The summed E-state index contributed by atoms with van der Waals surface area (Å²) in [6.07, 6.45) is -2.63. The number of aliphatic hydroxyl groups excluding tert-OH is 1. The van der Waals surface area contributed by atoms with Crippen LogP contribution in [0.5, 0.6) is 5.88 Å². The van der Waals surface area contributed by atoms with E-state index < -0.39 is 58.6 Å². The molecule has 3 aromatic rings. The Morgan fingerprint density at radius 1 is 1.29 bits per heavy atom. The second kappa shape index (κ2) is 10.4. The lowest BCUT2D eigenvalue weighted by Crippen LogP contribution is -2.56. The average molecular weight is 541 g/mol. The molecule has 0 radical (unpaired) electrons. The van der Waals surface area contributed by atoms with Crippen molar-refractivity contribution in [2.24, 2.45) is 0 Å². The monoisotopic (exact) mass is 540 g/mol. The lowest BCUT2D eigenvalue weighted by molar-refractivity contribution is -0.137. The van der Waals surface area contributed by atoms with Crippen molar-refractivity contribution in [3.05, 3.63) is 52.3 Å². The number of anilines is 2. The van der Waals surface area contributed by atoms with E-state index in [-0.39, 0.29) is 29.2 Å². The number of benzene rings is 1. The molecule has 1 aliphatic heterocycles. The first kappa shape index (κ1) is 27.6. The van der Waals surface area contributed by atoms with E-state index in [0.717, 1.165) is 19.9 Å². The van der Waals surface area contributed by atoms with Gasteiger partial charge in [-0.1, -0.05) is 0 Å². The number of aliphatic hydroxyl groups is 1. The molecule has 0 spiro atoms. The molecule has 38 heavy (non-hydrogen) atoms. The molecular weight excluding hydrogens is 511 g/mol. The number of hydrogen-bond acceptors (Lipinski definition) is 7. The van der Waals surface area contributed by atoms with Gasteiger partial charge in [-0.05, 0) is 51.4 Å². The molecule has 2 aromatic heterocycles. The zero-order valence-corrected chi connectivity index (χ0v) is 21.1. The summed E-state index contributed by atoms with van der Waals surface area (Å²) in [4.78, 5) is 4.10. The smallest absolute Gasteiger partial charge is 0.417 e. The molecule has 4 rings (SSSR count). The highest BCUT2D eigenvalue weighted by molar-refractivity contribution is 5.76. The fraction of sp³-hybridized carbons (Fsp3) is 0.440. The van der Waals surface area contributed by atoms with Gasteiger partial charge >= 0.3 is 6.18 Å². The van der Waals surface area contributed by atoms with Crippen LogP contribution < -0.4 is 21.1 Å². The molecule has 8 nitrogen and oxygen atoms in total. The summed E-state index contributed by atoms with van der Waals surface area (Å²) in [5.41, 5.74) is 1.34. The molecule has 2 atom stereocenters. The van der Waals surface area contributed by atoms with Gasteiger partial charge in [0.2, 0.25) is 5.88 Å². The number of hydrogen-bond donors (Lipinski definition) is 5. The number of H-pyrrole nitrogens is 1. The molecule has 3 heterocycles. The molecule has 0 amide bonds. The van der Waals surface area contributed by atoms with Crippen LogP contribution >= 0.6 is 0 Å². The molecular formula is C25H29F5N6O2. The molecule has 1 aromatic carbocycles. The fourth-order valence-corrected chi connectivity index (χ4v) is 4.71. The number of halogens is 5. The van der Waals surface area contributed by atoms with Gasteiger partial charge in [0.25, 0.3) is 0 Å². The Kier molecular flexibility index (Phi) is 7.53. The molecule has 206 valence electrons. The number of ether oxygens (including phenoxy) is 1. The van der Waals surface area contributed by atoms with Crippen molar-refractivity contribution < 1.29 is 31.8 Å². The maximum absolute atomic E-state index is 16.0. The van der Waals surface area contributed by atoms with Crippen LogP contribution in [0, 0.1) is 18.6 Å². The molecule has 1 saturated heterocycles. The van der Waals surface area contributed by atoms with E-state index in [4.69, 9.17) is 10.5 Å². The van der Waals surface area contributed by atoms with Gasteiger partial charge in [0, 0.05) is 23.7 Å². The first-order valence-electron chi connectivity index (χ1n) is 12.0. The lowest BCUT2D eigenvalue weighted by atomic mass is 9.85. The Bertz CT molecular complexity index is 1310. The number of aromatic nitrogens is 3. The Labute approximate surface area is 215 Å². The average Bonchev–Trinajstić information content (AvgIpc) is 3.33. The Morgan fingerprint density at radius 3 is 2.55 bits per heavy atom. The zero-order valence-electron chi connectivity index (χ0n) is 21.1. The van der Waals surface area contributed by atoms with Gasteiger partial charge in [-0.2, -0.15) is 18.3 Å². The van der Waals surface area contributed by atoms with Crippen LogP contribution in [0.1, 0.15) is 49.1 Å². The zero-order chi connectivity index (χ0) is 27.8. The van der Waals surface area contributed by atoms with Crippen LogP contribution in [-0.2, 0) is 19.3 Å². The van der Waals surface area contributed by atoms with Gasteiger partial charge in [0.1, 0.15) is 11.5 Å². The molecule has 1 aliphatic rings. The third kappa shape index (κ3) is 5.39. The Hall–Kier alpha value is -3.45. The van der Waals surface area contributed by atoms with Crippen LogP contribution in [0.4, 0.5) is 33.3 Å². The van der Waals surface area contributed by atoms with Crippen molar-refractivity contribution in [2.45, 2.75) is 64.6 Å². The minimum atomic E-state index is -5.04. The summed E-state index contributed by atoms with van der Waals surface area (Å²) < 4.78 is 78.7. The highest BCUT2D eigenvalue weighted by Crippen LogP contribution is 2.44. The Morgan fingerprint density at radius 2 is 2.00 bits per heavy atom. The number of nitrogen functional groups attached to an aromatic ring is 1. The summed E-state index contributed by atoms with van der Waals surface area (Å²) in [5.74, 6) is -2.69. The van der Waals surface area contributed by atoms with Crippen molar-refractivity contribution in [3.8, 4) is 17.1 Å². The number of rotatable bonds is 9. The van der Waals surface area contributed by atoms with Crippen molar-refractivity contribution in [2.75, 3.05) is 17.6 Å². The SMILES string of the molecule is Cc1c(F)c(N)cc(-c2nc(OC(C)CC3(C)CCN3)c(CO)c(NCc3ccn[nH]3)c2F)c1C(F)(F)F. The molecule has 1 fully saturated rings. The minimum absolute atomic E-state index is 0.00106. The summed E-state index contributed by atoms with van der Waals surface area (Å²) in [5, 5.41) is 22.7. The van der Waals surface area contributed by atoms with Crippen molar-refractivity contribution in [1.82, 2.24) is 20.5 Å². The first-order valence-corrected chi connectivity index (χ1v) is 12.0. The number of nitrogens with one attached hydrogen (secondary N) is 3. The second-order valence-corrected chi connectivity index (χ2v) is 9.72. The third-order valence-electron chi connectivity index (χ3n) is 6.72. The summed E-state index contributed by atoms with van der Waals surface area (Å²) in [6, 6.07) is 2.32. The largest absolute Gasteiger partial charge is 0.474 e. The van der Waals surface area contributed by atoms with Gasteiger partial charge in [-0.25, -0.2) is 13.8 Å². The van der Waals surface area contributed by atoms with Crippen molar-refractivity contribution in [1.29, 1.82) is 0 Å². The fourth-order valence-electron chi connectivity index (χ4n) is 4.71. The number of alkyl halides is 3. The first-order chi connectivity index (χ1) is 17.8. The third-order valence-corrected chi connectivity index (χ3v) is 6.72. The van der Waals surface area contributed by atoms with Gasteiger partial charge < -0.3 is 26.2 Å². The van der Waals surface area contributed by atoms with E-state index >= 15 is 4.39 Å². The van der Waals surface area contributed by atoms with E-state index in [1.54, 1.807) is 13.0 Å². The van der Waals surface area contributed by atoms with Crippen molar-refractivity contribution in [3.63, 3.8) is 0 Å². The highest BCUT2D eigenvalue weighted by atomic mass is 19.4. The van der Waals surface area contributed by atoms with Crippen LogP contribution in [0.25, 0.3) is 11.3 Å². The Balaban J connectivity index is 1.89. The molecule has 6 N–H and O–H groups in total. The van der Waals surface area contributed by atoms with E-state index in [1.807, 2.05) is 6.92 Å².